The van der Waals surface area contributed by atoms with Crippen molar-refractivity contribution in [3.63, 3.8) is 0 Å². The van der Waals surface area contributed by atoms with Crippen LogP contribution in [0.15, 0.2) is 18.2 Å². The Hall–Kier alpha value is -0.800. The van der Waals surface area contributed by atoms with Crippen molar-refractivity contribution >= 4 is 12.4 Å². The molecule has 1 atom stereocenters. The van der Waals surface area contributed by atoms with Gasteiger partial charge in [0.15, 0.2) is 0 Å². The smallest absolute Gasteiger partial charge is 0.123 e. The first-order chi connectivity index (χ1) is 5.65. The van der Waals surface area contributed by atoms with E-state index >= 15 is 0 Å². The van der Waals surface area contributed by atoms with Crippen LogP contribution >= 0.6 is 12.4 Å². The second-order valence-electron chi connectivity index (χ2n) is 2.67. The normalized spacial score (nSPS) is 11.7. The third-order valence-corrected chi connectivity index (χ3v) is 1.68. The molecule has 1 aromatic rings. The van der Waals surface area contributed by atoms with E-state index in [1.165, 1.54) is 12.1 Å². The average Bonchev–Trinajstić information content (AvgIpc) is 2.04. The van der Waals surface area contributed by atoms with Gasteiger partial charge in [-0.3, -0.25) is 0 Å². The zero-order valence-corrected chi connectivity index (χ0v) is 8.40. The van der Waals surface area contributed by atoms with Crippen LogP contribution < -0.4 is 10.5 Å². The van der Waals surface area contributed by atoms with E-state index in [0.717, 1.165) is 0 Å². The number of hydrogen-bond donors (Lipinski definition) is 1. The highest BCUT2D eigenvalue weighted by atomic mass is 35.5. The van der Waals surface area contributed by atoms with E-state index < -0.39 is 0 Å². The summed E-state index contributed by atoms with van der Waals surface area (Å²) in [6, 6.07) is 4.11. The van der Waals surface area contributed by atoms with Gasteiger partial charge in [0.1, 0.15) is 11.6 Å². The minimum Gasteiger partial charge on any atom is -0.496 e. The fourth-order valence-corrected chi connectivity index (χ4v) is 1.06. The van der Waals surface area contributed by atoms with Gasteiger partial charge in [0.05, 0.1) is 7.11 Å². The molecular formula is C9H13ClFNO. The van der Waals surface area contributed by atoms with Gasteiger partial charge in [0, 0.05) is 11.6 Å². The number of nitrogens with two attached hydrogens (primary N) is 1. The predicted molar refractivity (Wildman–Crippen MR) is 52.8 cm³/mol. The minimum absolute atomic E-state index is 0. The van der Waals surface area contributed by atoms with E-state index in [4.69, 9.17) is 10.5 Å². The Balaban J connectivity index is 0.00000144. The van der Waals surface area contributed by atoms with Crippen LogP contribution in [0, 0.1) is 5.82 Å². The summed E-state index contributed by atoms with van der Waals surface area (Å²) in [7, 11) is 1.54. The second kappa shape index (κ2) is 5.04. The summed E-state index contributed by atoms with van der Waals surface area (Å²) in [5.74, 6) is 0.342. The summed E-state index contributed by atoms with van der Waals surface area (Å²) in [6.45, 7) is 1.79. The zero-order chi connectivity index (χ0) is 9.14. The monoisotopic (exact) mass is 205 g/mol. The van der Waals surface area contributed by atoms with Gasteiger partial charge in [-0.15, -0.1) is 12.4 Å². The van der Waals surface area contributed by atoms with Crippen molar-refractivity contribution in [2.24, 2.45) is 5.73 Å². The summed E-state index contributed by atoms with van der Waals surface area (Å²) in [6.07, 6.45) is 0. The van der Waals surface area contributed by atoms with Crippen molar-refractivity contribution in [3.05, 3.63) is 29.6 Å². The Bertz CT molecular complexity index is 278. The molecular weight excluding hydrogens is 193 g/mol. The van der Waals surface area contributed by atoms with Crippen molar-refractivity contribution in [1.82, 2.24) is 0 Å². The first-order valence-corrected chi connectivity index (χ1v) is 3.74. The van der Waals surface area contributed by atoms with Gasteiger partial charge in [-0.25, -0.2) is 4.39 Å². The number of halogens is 2. The molecule has 0 aliphatic carbocycles. The highest BCUT2D eigenvalue weighted by Crippen LogP contribution is 2.23. The molecule has 0 heterocycles. The van der Waals surface area contributed by atoms with Crippen molar-refractivity contribution in [1.29, 1.82) is 0 Å². The van der Waals surface area contributed by atoms with E-state index in [9.17, 15) is 4.39 Å². The van der Waals surface area contributed by atoms with Crippen molar-refractivity contribution in [2.75, 3.05) is 7.11 Å². The Morgan fingerprint density at radius 2 is 2.08 bits per heavy atom. The van der Waals surface area contributed by atoms with Gasteiger partial charge < -0.3 is 10.5 Å². The third kappa shape index (κ3) is 2.86. The molecule has 0 spiro atoms. The first kappa shape index (κ1) is 12.2. The van der Waals surface area contributed by atoms with E-state index in [0.29, 0.717) is 11.3 Å². The maximum absolute atomic E-state index is 12.7. The maximum atomic E-state index is 12.7. The van der Waals surface area contributed by atoms with Crippen LogP contribution in [0.25, 0.3) is 0 Å². The predicted octanol–water partition coefficient (Wildman–Crippen LogP) is 2.28. The van der Waals surface area contributed by atoms with E-state index in [1.807, 2.05) is 0 Å². The fourth-order valence-electron chi connectivity index (χ4n) is 1.06. The number of hydrogen-bond acceptors (Lipinski definition) is 2. The molecule has 1 aromatic carbocycles. The molecule has 2 nitrogen and oxygen atoms in total. The molecule has 1 rings (SSSR count). The molecule has 0 bridgehead atoms. The fraction of sp³-hybridized carbons (Fsp3) is 0.333. The van der Waals surface area contributed by atoms with Crippen LogP contribution in [0.5, 0.6) is 5.75 Å². The van der Waals surface area contributed by atoms with Crippen LogP contribution in [0.4, 0.5) is 4.39 Å². The van der Waals surface area contributed by atoms with Crippen LogP contribution in [0.3, 0.4) is 0 Å². The first-order valence-electron chi connectivity index (χ1n) is 3.74. The molecule has 1 unspecified atom stereocenters. The molecule has 4 heteroatoms. The zero-order valence-electron chi connectivity index (χ0n) is 7.58. The van der Waals surface area contributed by atoms with Crippen molar-refractivity contribution < 1.29 is 9.13 Å². The molecule has 2 N–H and O–H groups in total. The second-order valence-corrected chi connectivity index (χ2v) is 2.67. The van der Waals surface area contributed by atoms with Crippen LogP contribution in [-0.4, -0.2) is 7.11 Å². The Morgan fingerprint density at radius 3 is 2.54 bits per heavy atom. The van der Waals surface area contributed by atoms with Gasteiger partial charge in [0.2, 0.25) is 0 Å². The molecule has 0 aliphatic heterocycles. The lowest BCUT2D eigenvalue weighted by atomic mass is 10.1. The van der Waals surface area contributed by atoms with Gasteiger partial charge in [-0.1, -0.05) is 0 Å². The van der Waals surface area contributed by atoms with Crippen LogP contribution in [0.1, 0.15) is 18.5 Å². The molecule has 0 aliphatic rings. The highest BCUT2D eigenvalue weighted by Gasteiger charge is 2.07. The van der Waals surface area contributed by atoms with E-state index in [-0.39, 0.29) is 24.3 Å². The molecule has 0 amide bonds. The Labute approximate surface area is 83.3 Å². The summed E-state index contributed by atoms with van der Waals surface area (Å²) >= 11 is 0. The lowest BCUT2D eigenvalue weighted by Crippen LogP contribution is -2.07. The molecule has 0 aromatic heterocycles. The summed E-state index contributed by atoms with van der Waals surface area (Å²) in [5, 5.41) is 0. The summed E-state index contributed by atoms with van der Waals surface area (Å²) in [5.41, 5.74) is 6.30. The molecule has 0 fully saturated rings. The van der Waals surface area contributed by atoms with Crippen molar-refractivity contribution in [2.45, 2.75) is 13.0 Å². The standard InChI is InChI=1S/C9H12FNO.ClH/c1-6(11)8-5-7(10)3-4-9(8)12-2;/h3-6H,11H2,1-2H3;1H. The molecule has 13 heavy (non-hydrogen) atoms. The lowest BCUT2D eigenvalue weighted by molar-refractivity contribution is 0.405. The average molecular weight is 206 g/mol. The molecule has 0 saturated heterocycles. The van der Waals surface area contributed by atoms with Crippen LogP contribution in [-0.2, 0) is 0 Å². The Morgan fingerprint density at radius 1 is 1.46 bits per heavy atom. The largest absolute Gasteiger partial charge is 0.496 e. The third-order valence-electron chi connectivity index (χ3n) is 1.68. The highest BCUT2D eigenvalue weighted by molar-refractivity contribution is 5.85. The SMILES string of the molecule is COc1ccc(F)cc1C(C)N.Cl. The number of rotatable bonds is 2. The molecule has 74 valence electrons. The van der Waals surface area contributed by atoms with Gasteiger partial charge in [-0.2, -0.15) is 0 Å². The van der Waals surface area contributed by atoms with Gasteiger partial charge in [0.25, 0.3) is 0 Å². The number of benzene rings is 1. The van der Waals surface area contributed by atoms with Gasteiger partial charge in [-0.05, 0) is 25.1 Å². The topological polar surface area (TPSA) is 35.2 Å². The minimum atomic E-state index is -0.289. The maximum Gasteiger partial charge on any atom is 0.123 e. The van der Waals surface area contributed by atoms with Crippen molar-refractivity contribution in [3.8, 4) is 5.75 Å². The number of ether oxygens (including phenoxy) is 1. The Kier molecular flexibility index (Phi) is 4.73. The lowest BCUT2D eigenvalue weighted by Gasteiger charge is -2.10. The molecule has 0 saturated carbocycles. The number of methoxy groups -OCH3 is 1. The van der Waals surface area contributed by atoms with E-state index in [1.54, 1.807) is 20.1 Å². The van der Waals surface area contributed by atoms with E-state index in [2.05, 4.69) is 0 Å². The quantitative estimate of drug-likeness (QED) is 0.804. The molecule has 0 radical (unpaired) electrons. The summed E-state index contributed by atoms with van der Waals surface area (Å²) < 4.78 is 17.7. The van der Waals surface area contributed by atoms with Gasteiger partial charge >= 0.3 is 0 Å². The summed E-state index contributed by atoms with van der Waals surface area (Å²) in [4.78, 5) is 0. The van der Waals surface area contributed by atoms with Crippen LogP contribution in [0.2, 0.25) is 0 Å².